The summed E-state index contributed by atoms with van der Waals surface area (Å²) in [5.41, 5.74) is 4.22. The number of hydrogen-bond donors (Lipinski definition) is 0. The summed E-state index contributed by atoms with van der Waals surface area (Å²) in [6.07, 6.45) is 7.88. The van der Waals surface area contributed by atoms with Gasteiger partial charge in [0.25, 0.3) is 11.8 Å². The number of unbranched alkanes of at least 4 members (excludes halogenated alkanes) is 2. The fraction of sp³-hybridized carbons (Fsp3) is 0.526. The SMILES string of the molecule is CCCCC(CC)CN1C(=O)C2=C(S[C@]34C(=O)N(CC(CC)CCCC)C(=O)[C@@]3(S2)C2c3ccccc3C4c3ccccc32)C1=O. The van der Waals surface area contributed by atoms with Crippen LogP contribution in [0.15, 0.2) is 58.3 Å². The van der Waals surface area contributed by atoms with Crippen molar-refractivity contribution in [2.24, 2.45) is 11.8 Å². The third kappa shape index (κ3) is 4.17. The van der Waals surface area contributed by atoms with Crippen LogP contribution in [0.1, 0.15) is 113 Å². The van der Waals surface area contributed by atoms with Crippen molar-refractivity contribution < 1.29 is 19.2 Å². The first-order valence-electron chi connectivity index (χ1n) is 17.3. The molecule has 3 aliphatic carbocycles. The van der Waals surface area contributed by atoms with Gasteiger partial charge >= 0.3 is 0 Å². The van der Waals surface area contributed by atoms with E-state index in [0.717, 1.165) is 73.6 Å². The molecular formula is C38H44N2O4S2. The zero-order chi connectivity index (χ0) is 32.4. The number of nitrogens with zero attached hydrogens (tertiary/aromatic N) is 2. The van der Waals surface area contributed by atoms with Crippen molar-refractivity contribution in [3.63, 3.8) is 0 Å². The summed E-state index contributed by atoms with van der Waals surface area (Å²) in [4.78, 5) is 62.7. The maximum Gasteiger partial charge on any atom is 0.268 e. The van der Waals surface area contributed by atoms with E-state index in [0.29, 0.717) is 22.9 Å². The lowest BCUT2D eigenvalue weighted by atomic mass is 9.53. The van der Waals surface area contributed by atoms with E-state index < -0.39 is 21.3 Å². The van der Waals surface area contributed by atoms with E-state index in [4.69, 9.17) is 0 Å². The average Bonchev–Trinajstić information content (AvgIpc) is 3.42. The second kappa shape index (κ2) is 12.0. The summed E-state index contributed by atoms with van der Waals surface area (Å²) < 4.78 is -2.52. The number of hydrogen-bond acceptors (Lipinski definition) is 6. The second-order valence-electron chi connectivity index (χ2n) is 13.7. The summed E-state index contributed by atoms with van der Waals surface area (Å²) in [5.74, 6) is -1.39. The maximum atomic E-state index is 15.3. The van der Waals surface area contributed by atoms with Gasteiger partial charge in [-0.2, -0.15) is 0 Å². The van der Waals surface area contributed by atoms with Gasteiger partial charge in [-0.15, -0.1) is 0 Å². The number of carbonyl (C=O) groups excluding carboxylic acids is 4. The van der Waals surface area contributed by atoms with Crippen molar-refractivity contribution >= 4 is 47.2 Å². The Morgan fingerprint density at radius 1 is 0.609 bits per heavy atom. The van der Waals surface area contributed by atoms with Crippen LogP contribution in [-0.2, 0) is 19.2 Å². The molecule has 0 N–H and O–H groups in total. The molecule has 6 nitrogen and oxygen atoms in total. The minimum Gasteiger partial charge on any atom is -0.280 e. The summed E-state index contributed by atoms with van der Waals surface area (Å²) in [6, 6.07) is 16.4. The molecule has 4 amide bonds. The highest BCUT2D eigenvalue weighted by Crippen LogP contribution is 2.77. The monoisotopic (exact) mass is 656 g/mol. The molecule has 46 heavy (non-hydrogen) atoms. The largest absolute Gasteiger partial charge is 0.280 e. The Morgan fingerprint density at radius 2 is 0.978 bits per heavy atom. The van der Waals surface area contributed by atoms with Gasteiger partial charge in [0.05, 0.1) is 9.81 Å². The Balaban J connectivity index is 1.39. The van der Waals surface area contributed by atoms with Crippen molar-refractivity contribution in [2.45, 2.75) is 100 Å². The van der Waals surface area contributed by atoms with Gasteiger partial charge < -0.3 is 0 Å². The molecule has 242 valence electrons. The van der Waals surface area contributed by atoms with E-state index in [1.165, 1.54) is 28.4 Å². The van der Waals surface area contributed by atoms with Crippen LogP contribution in [0.3, 0.4) is 0 Å². The van der Waals surface area contributed by atoms with Crippen LogP contribution in [0.5, 0.6) is 0 Å². The molecular weight excluding hydrogens is 613 g/mol. The van der Waals surface area contributed by atoms with Crippen molar-refractivity contribution in [3.8, 4) is 0 Å². The third-order valence-corrected chi connectivity index (χ3v) is 14.8. The smallest absolute Gasteiger partial charge is 0.268 e. The molecule has 3 aliphatic heterocycles. The number of thioether (sulfide) groups is 2. The van der Waals surface area contributed by atoms with E-state index >= 15 is 9.59 Å². The van der Waals surface area contributed by atoms with E-state index in [1.54, 1.807) is 4.90 Å². The van der Waals surface area contributed by atoms with Gasteiger partial charge in [0.15, 0.2) is 0 Å². The van der Waals surface area contributed by atoms with E-state index in [9.17, 15) is 9.59 Å². The third-order valence-electron chi connectivity index (χ3n) is 11.3. The van der Waals surface area contributed by atoms with Gasteiger partial charge in [-0.25, -0.2) is 0 Å². The standard InChI is InChI=1S/C38H44N2O4S2/c1-5-9-15-23(7-3)21-39-33(41)31-32(34(39)42)46-38-30-26-18-12-11-17-25(26)29(27-19-13-14-20-28(27)30)37(38,45-31)35(43)40(36(38)44)22-24(8-4)16-10-6-2/h11-14,17-20,23-24,29-30H,5-10,15-16,21-22H2,1-4H3/t23?,24?,29?,30?,37-,38+. The number of imide groups is 2. The molecule has 0 saturated carbocycles. The lowest BCUT2D eigenvalue weighted by Gasteiger charge is -2.59. The fourth-order valence-electron chi connectivity index (χ4n) is 8.84. The quantitative estimate of drug-likeness (QED) is 0.219. The highest BCUT2D eigenvalue weighted by atomic mass is 32.2. The van der Waals surface area contributed by atoms with Crippen LogP contribution in [0.25, 0.3) is 0 Å². The number of benzene rings is 2. The van der Waals surface area contributed by atoms with Crippen molar-refractivity contribution in [3.05, 3.63) is 80.6 Å². The number of amides is 4. The summed E-state index contributed by atoms with van der Waals surface area (Å²) in [7, 11) is 0. The Hall–Kier alpha value is -2.84. The number of likely N-dealkylation sites (tertiary alicyclic amines) is 1. The van der Waals surface area contributed by atoms with Crippen LogP contribution < -0.4 is 0 Å². The molecule has 0 radical (unpaired) electrons. The molecule has 4 atom stereocenters. The van der Waals surface area contributed by atoms with Crippen LogP contribution in [0.2, 0.25) is 0 Å². The lowest BCUT2D eigenvalue weighted by molar-refractivity contribution is -0.140. The molecule has 0 spiro atoms. The van der Waals surface area contributed by atoms with Crippen LogP contribution in [-0.4, -0.2) is 56.0 Å². The number of carbonyl (C=O) groups is 4. The van der Waals surface area contributed by atoms with E-state index in [-0.39, 0.29) is 35.5 Å². The van der Waals surface area contributed by atoms with E-state index in [1.807, 2.05) is 24.3 Å². The maximum absolute atomic E-state index is 15.3. The first kappa shape index (κ1) is 31.7. The average molecular weight is 657 g/mol. The van der Waals surface area contributed by atoms with E-state index in [2.05, 4.69) is 52.0 Å². The topological polar surface area (TPSA) is 74.8 Å². The van der Waals surface area contributed by atoms with Gasteiger partial charge in [0.2, 0.25) is 11.8 Å². The summed E-state index contributed by atoms with van der Waals surface area (Å²) in [6.45, 7) is 9.31. The predicted octanol–water partition coefficient (Wildman–Crippen LogP) is 7.62. The van der Waals surface area contributed by atoms with Crippen molar-refractivity contribution in [2.75, 3.05) is 13.1 Å². The molecule has 3 heterocycles. The zero-order valence-corrected chi connectivity index (χ0v) is 29.0. The first-order chi connectivity index (χ1) is 22.3. The van der Waals surface area contributed by atoms with Gasteiger partial charge in [-0.05, 0) is 46.9 Å². The molecule has 0 aromatic heterocycles. The van der Waals surface area contributed by atoms with Crippen LogP contribution in [0, 0.1) is 11.8 Å². The van der Waals surface area contributed by atoms with Crippen molar-refractivity contribution in [1.82, 2.24) is 9.80 Å². The second-order valence-corrected chi connectivity index (χ2v) is 16.2. The Morgan fingerprint density at radius 3 is 1.33 bits per heavy atom. The Kier molecular flexibility index (Phi) is 8.28. The fourth-order valence-corrected chi connectivity index (χ4v) is 12.6. The summed E-state index contributed by atoms with van der Waals surface area (Å²) in [5, 5.41) is 0. The predicted molar refractivity (Wildman–Crippen MR) is 184 cm³/mol. The van der Waals surface area contributed by atoms with Crippen molar-refractivity contribution in [1.29, 1.82) is 0 Å². The molecule has 1 fully saturated rings. The molecule has 2 unspecified atom stereocenters. The minimum atomic E-state index is -1.26. The molecule has 6 aliphatic rings. The minimum absolute atomic E-state index is 0.191. The van der Waals surface area contributed by atoms with Gasteiger partial charge in [0, 0.05) is 24.9 Å². The molecule has 8 heteroatoms. The summed E-state index contributed by atoms with van der Waals surface area (Å²) >= 11 is 2.51. The van der Waals surface area contributed by atoms with Crippen LogP contribution in [0.4, 0.5) is 0 Å². The first-order valence-corrected chi connectivity index (χ1v) is 19.0. The molecule has 2 aromatic rings. The van der Waals surface area contributed by atoms with Gasteiger partial charge in [-0.1, -0.05) is 138 Å². The highest BCUT2D eigenvalue weighted by molar-refractivity contribution is 8.14. The molecule has 2 aromatic carbocycles. The number of rotatable bonds is 12. The normalized spacial score (nSPS) is 28.7. The zero-order valence-electron chi connectivity index (χ0n) is 27.3. The Bertz CT molecular complexity index is 1500. The van der Waals surface area contributed by atoms with Crippen LogP contribution >= 0.6 is 23.5 Å². The highest BCUT2D eigenvalue weighted by Gasteiger charge is 2.83. The lowest BCUT2D eigenvalue weighted by Crippen LogP contribution is -2.66. The van der Waals surface area contributed by atoms with Gasteiger partial charge in [0.1, 0.15) is 9.49 Å². The molecule has 2 bridgehead atoms. The molecule has 8 rings (SSSR count). The molecule has 1 saturated heterocycles. The van der Waals surface area contributed by atoms with Gasteiger partial charge in [-0.3, -0.25) is 29.0 Å². The Labute approximate surface area is 281 Å².